The number of hydrogen-bond acceptors (Lipinski definition) is 6. The number of benzene rings is 1. The number of morpholine rings is 1. The number of ether oxygens (including phenoxy) is 1. The number of aromatic nitrogens is 2. The molecule has 0 radical (unpaired) electrons. The number of halogens is 3. The van der Waals surface area contributed by atoms with E-state index in [-0.39, 0.29) is 17.9 Å². The Morgan fingerprint density at radius 1 is 1.02 bits per heavy atom. The summed E-state index contributed by atoms with van der Waals surface area (Å²) in [6.45, 7) is 7.55. The quantitative estimate of drug-likeness (QED) is 0.439. The van der Waals surface area contributed by atoms with Crippen LogP contribution in [0.5, 0.6) is 0 Å². The van der Waals surface area contributed by atoms with E-state index in [0.29, 0.717) is 67.5 Å². The summed E-state index contributed by atoms with van der Waals surface area (Å²) >= 11 is 0. The van der Waals surface area contributed by atoms with Gasteiger partial charge in [-0.2, -0.15) is 13.2 Å². The van der Waals surface area contributed by atoms with E-state index in [4.69, 9.17) is 4.74 Å². The van der Waals surface area contributed by atoms with Crippen molar-refractivity contribution < 1.29 is 22.7 Å². The molecule has 2 saturated heterocycles. The lowest BCUT2D eigenvalue weighted by Crippen LogP contribution is -2.39. The Morgan fingerprint density at radius 3 is 2.51 bits per heavy atom. The van der Waals surface area contributed by atoms with Crippen molar-refractivity contribution in [1.82, 2.24) is 19.8 Å². The molecule has 0 atom stereocenters. The third-order valence-electron chi connectivity index (χ3n) is 7.79. The van der Waals surface area contributed by atoms with Crippen LogP contribution < -0.4 is 21.1 Å². The van der Waals surface area contributed by atoms with Crippen LogP contribution in [0, 0.1) is 5.92 Å². The van der Waals surface area contributed by atoms with Crippen LogP contribution in [0.25, 0.3) is 10.9 Å². The molecule has 220 valence electrons. The summed E-state index contributed by atoms with van der Waals surface area (Å²) in [5.41, 5.74) is 0.669. The Hall–Kier alpha value is -3.64. The highest BCUT2D eigenvalue weighted by Gasteiger charge is 2.34. The second-order valence-corrected chi connectivity index (χ2v) is 10.7. The number of urea groups is 1. The number of nitrogens with one attached hydrogen (secondary N) is 2. The molecule has 0 spiro atoms. The highest BCUT2D eigenvalue weighted by Crippen LogP contribution is 2.32. The smallest absolute Gasteiger partial charge is 0.379 e. The number of carbonyl (C=O) groups excluding carboxylic acids is 1. The third kappa shape index (κ3) is 6.99. The summed E-state index contributed by atoms with van der Waals surface area (Å²) in [5, 5.41) is 6.32. The highest BCUT2D eigenvalue weighted by molar-refractivity contribution is 6.00. The summed E-state index contributed by atoms with van der Waals surface area (Å²) in [6, 6.07) is 10.4. The molecule has 2 N–H and O–H groups in total. The Bertz CT molecular complexity index is 1430. The zero-order valence-electron chi connectivity index (χ0n) is 23.0. The molecule has 2 fully saturated rings. The van der Waals surface area contributed by atoms with E-state index in [1.165, 1.54) is 12.1 Å². The summed E-state index contributed by atoms with van der Waals surface area (Å²) < 4.78 is 47.4. The number of nitrogens with zero attached hydrogens (tertiary/aromatic N) is 4. The Kier molecular flexibility index (Phi) is 8.79. The van der Waals surface area contributed by atoms with E-state index in [9.17, 15) is 22.8 Å². The monoisotopic (exact) mass is 572 g/mol. The topological polar surface area (TPSA) is 91.7 Å². The summed E-state index contributed by atoms with van der Waals surface area (Å²) in [7, 11) is 0. The zero-order chi connectivity index (χ0) is 29.0. The first kappa shape index (κ1) is 28.9. The first-order chi connectivity index (χ1) is 19.7. The van der Waals surface area contributed by atoms with Crippen molar-refractivity contribution in [2.24, 2.45) is 5.92 Å². The number of fused-ring (bicyclic) bond motifs is 1. The molecule has 9 nitrogen and oxygen atoms in total. The predicted molar refractivity (Wildman–Crippen MR) is 151 cm³/mol. The number of piperidine rings is 1. The average molecular weight is 573 g/mol. The molecule has 3 aromatic rings. The molecule has 2 aliphatic heterocycles. The van der Waals surface area contributed by atoms with E-state index < -0.39 is 17.9 Å². The van der Waals surface area contributed by atoms with Crippen molar-refractivity contribution in [2.75, 3.05) is 56.2 Å². The Morgan fingerprint density at radius 2 is 1.78 bits per heavy atom. The van der Waals surface area contributed by atoms with E-state index in [1.807, 2.05) is 11.0 Å². The fraction of sp³-hybridized carbons (Fsp3) is 0.483. The minimum absolute atomic E-state index is 0.00732. The molecule has 2 aromatic heterocycles. The lowest BCUT2D eigenvalue weighted by molar-refractivity contribution is -0.141. The van der Waals surface area contributed by atoms with Crippen LogP contribution in [0.3, 0.4) is 0 Å². The minimum Gasteiger partial charge on any atom is -0.379 e. The Labute approximate surface area is 236 Å². The van der Waals surface area contributed by atoms with Crippen LogP contribution in [0.1, 0.15) is 31.0 Å². The van der Waals surface area contributed by atoms with Gasteiger partial charge in [-0.1, -0.05) is 19.1 Å². The van der Waals surface area contributed by atoms with Crippen LogP contribution in [0.15, 0.2) is 47.3 Å². The molecule has 0 aliphatic carbocycles. The van der Waals surface area contributed by atoms with Crippen molar-refractivity contribution in [3.05, 3.63) is 64.1 Å². The van der Waals surface area contributed by atoms with Gasteiger partial charge in [-0.05, 0) is 43.0 Å². The van der Waals surface area contributed by atoms with Gasteiger partial charge in [0.15, 0.2) is 0 Å². The number of alkyl halides is 3. The molecule has 1 aromatic carbocycles. The first-order valence-electron chi connectivity index (χ1n) is 14.0. The van der Waals surface area contributed by atoms with Gasteiger partial charge in [0, 0.05) is 62.8 Å². The van der Waals surface area contributed by atoms with Crippen LogP contribution in [0.2, 0.25) is 0 Å². The number of carbonyl (C=O) groups is 1. The molecule has 4 heterocycles. The molecule has 0 unspecified atom stereocenters. The number of rotatable bonds is 7. The lowest BCUT2D eigenvalue weighted by atomic mass is 9.99. The molecule has 0 bridgehead atoms. The van der Waals surface area contributed by atoms with Gasteiger partial charge in [0.1, 0.15) is 11.5 Å². The van der Waals surface area contributed by atoms with Crippen LogP contribution in [-0.2, 0) is 24.0 Å². The minimum atomic E-state index is -4.56. The fourth-order valence-electron chi connectivity index (χ4n) is 5.34. The maximum Gasteiger partial charge on any atom is 0.433 e. The van der Waals surface area contributed by atoms with Gasteiger partial charge in [-0.25, -0.2) is 9.78 Å². The molecule has 5 rings (SSSR count). The lowest BCUT2D eigenvalue weighted by Gasteiger charge is -2.33. The largest absolute Gasteiger partial charge is 0.433 e. The van der Waals surface area contributed by atoms with Crippen molar-refractivity contribution >= 4 is 28.4 Å². The van der Waals surface area contributed by atoms with E-state index >= 15 is 0 Å². The van der Waals surface area contributed by atoms with Crippen LogP contribution in [0.4, 0.5) is 29.5 Å². The second-order valence-electron chi connectivity index (χ2n) is 10.7. The SMILES string of the molecule is CC1CCN(c2nc(C(F)(F)F)ccc2CNC(=O)Nc2cccc3c2ccc(=O)n3CCN2CCOCC2)CC1. The summed E-state index contributed by atoms with van der Waals surface area (Å²) in [4.78, 5) is 33.7. The Balaban J connectivity index is 1.30. The molecule has 0 saturated carbocycles. The maximum atomic E-state index is 13.4. The van der Waals surface area contributed by atoms with Gasteiger partial charge in [-0.15, -0.1) is 0 Å². The molecular weight excluding hydrogens is 537 g/mol. The maximum absolute atomic E-state index is 13.4. The summed E-state index contributed by atoms with van der Waals surface area (Å²) in [5.74, 6) is 0.752. The fourth-order valence-corrected chi connectivity index (χ4v) is 5.34. The van der Waals surface area contributed by atoms with Gasteiger partial charge >= 0.3 is 12.2 Å². The van der Waals surface area contributed by atoms with Gasteiger partial charge in [-0.3, -0.25) is 9.69 Å². The number of amides is 2. The third-order valence-corrected chi connectivity index (χ3v) is 7.79. The van der Waals surface area contributed by atoms with Gasteiger partial charge in [0.2, 0.25) is 0 Å². The predicted octanol–water partition coefficient (Wildman–Crippen LogP) is 4.31. The zero-order valence-corrected chi connectivity index (χ0v) is 23.0. The van der Waals surface area contributed by atoms with Crippen LogP contribution in [-0.4, -0.2) is 66.4 Å². The summed E-state index contributed by atoms with van der Waals surface area (Å²) in [6.07, 6.45) is -2.83. The second kappa shape index (κ2) is 12.5. The molecule has 2 aliphatic rings. The van der Waals surface area contributed by atoms with Crippen molar-refractivity contribution in [3.63, 3.8) is 0 Å². The van der Waals surface area contributed by atoms with E-state index in [2.05, 4.69) is 27.4 Å². The van der Waals surface area contributed by atoms with Crippen LogP contribution >= 0.6 is 0 Å². The number of anilines is 2. The first-order valence-corrected chi connectivity index (χ1v) is 14.0. The number of hydrogen-bond donors (Lipinski definition) is 2. The molecule has 12 heteroatoms. The normalized spacial score (nSPS) is 17.1. The van der Waals surface area contributed by atoms with E-state index in [0.717, 1.165) is 32.0 Å². The van der Waals surface area contributed by atoms with Crippen molar-refractivity contribution in [1.29, 1.82) is 0 Å². The molecule has 41 heavy (non-hydrogen) atoms. The van der Waals surface area contributed by atoms with Gasteiger partial charge in [0.25, 0.3) is 5.56 Å². The van der Waals surface area contributed by atoms with Crippen molar-refractivity contribution in [3.8, 4) is 0 Å². The highest BCUT2D eigenvalue weighted by atomic mass is 19.4. The molecule has 2 amide bonds. The van der Waals surface area contributed by atoms with Gasteiger partial charge in [0.05, 0.1) is 24.4 Å². The number of pyridine rings is 2. The van der Waals surface area contributed by atoms with Gasteiger partial charge < -0.3 is 24.8 Å². The average Bonchev–Trinajstić information content (AvgIpc) is 2.96. The standard InChI is InChI=1S/C29H35F3N6O3/c1-20-9-11-37(12-10-20)27-21(5-7-25(35-27)29(30,31)32)19-33-28(40)34-23-3-2-4-24-22(23)6-8-26(39)38(24)14-13-36-15-17-41-18-16-36/h2-8,20H,9-19H2,1H3,(H2,33,34,40). The molecular formula is C29H35F3N6O3. The van der Waals surface area contributed by atoms with E-state index in [1.54, 1.807) is 22.8 Å². The van der Waals surface area contributed by atoms with Crippen molar-refractivity contribution in [2.45, 2.75) is 39.0 Å².